The molecule has 8 heavy (non-hydrogen) atoms. The fourth-order valence-corrected chi connectivity index (χ4v) is 2.09. The van der Waals surface area contributed by atoms with Crippen molar-refractivity contribution in [3.8, 4) is 0 Å². The largest absolute Gasteiger partial charge is 0.0663 e. The van der Waals surface area contributed by atoms with Crippen molar-refractivity contribution >= 4 is 0 Å². The lowest BCUT2D eigenvalue weighted by Gasteiger charge is -1.96. The Kier molecular flexibility index (Phi) is 0.415. The molecule has 0 aliphatic heterocycles. The maximum atomic E-state index is 1.84. The van der Waals surface area contributed by atoms with Crippen LogP contribution in [0.1, 0.15) is 25.7 Å². The molecule has 3 rings (SSSR count). The zero-order valence-corrected chi connectivity index (χ0v) is 4.98. The molecular formula is C8H10. The Morgan fingerprint density at radius 3 is 2.25 bits per heavy atom. The maximum Gasteiger partial charge on any atom is -0.0103 e. The average Bonchev–Trinajstić information content (AvgIpc) is 2.45. The van der Waals surface area contributed by atoms with Crippen molar-refractivity contribution in [3.05, 3.63) is 11.1 Å². The van der Waals surface area contributed by atoms with Gasteiger partial charge in [0.1, 0.15) is 0 Å². The number of fused-ring (bicyclic) bond motifs is 1. The Bertz CT molecular complexity index is 158. The number of hydrogen-bond donors (Lipinski definition) is 0. The minimum Gasteiger partial charge on any atom is -0.0663 e. The summed E-state index contributed by atoms with van der Waals surface area (Å²) in [7, 11) is 0. The van der Waals surface area contributed by atoms with Crippen molar-refractivity contribution in [2.75, 3.05) is 0 Å². The lowest BCUT2D eigenvalue weighted by molar-refractivity contribution is 0.689. The third-order valence-electron chi connectivity index (χ3n) is 2.89. The van der Waals surface area contributed by atoms with Crippen LogP contribution in [0, 0.1) is 11.8 Å². The maximum absolute atomic E-state index is 1.84. The Morgan fingerprint density at radius 1 is 1.00 bits per heavy atom. The highest BCUT2D eigenvalue weighted by atomic mass is 14.5. The van der Waals surface area contributed by atoms with Gasteiger partial charge in [0.05, 0.1) is 0 Å². The van der Waals surface area contributed by atoms with Crippen molar-refractivity contribution in [1.82, 2.24) is 0 Å². The van der Waals surface area contributed by atoms with Gasteiger partial charge in [-0.15, -0.1) is 0 Å². The van der Waals surface area contributed by atoms with Crippen LogP contribution in [0.25, 0.3) is 0 Å². The molecule has 0 heterocycles. The molecule has 0 spiro atoms. The molecule has 0 heteroatoms. The van der Waals surface area contributed by atoms with Crippen LogP contribution >= 0.6 is 0 Å². The summed E-state index contributed by atoms with van der Waals surface area (Å²) >= 11 is 0. The minimum atomic E-state index is 1.16. The van der Waals surface area contributed by atoms with E-state index in [1.807, 2.05) is 11.1 Å². The normalized spacial score (nSPS) is 48.0. The topological polar surface area (TPSA) is 0 Å². The van der Waals surface area contributed by atoms with Gasteiger partial charge in [-0.1, -0.05) is 11.1 Å². The van der Waals surface area contributed by atoms with Gasteiger partial charge in [0, 0.05) is 0 Å². The van der Waals surface area contributed by atoms with E-state index in [-0.39, 0.29) is 0 Å². The first kappa shape index (κ1) is 3.71. The lowest BCUT2D eigenvalue weighted by Crippen LogP contribution is -1.83. The molecule has 0 nitrogen and oxygen atoms in total. The zero-order valence-electron chi connectivity index (χ0n) is 4.98. The molecule has 0 radical (unpaired) electrons. The highest BCUT2D eigenvalue weighted by Gasteiger charge is 2.45. The van der Waals surface area contributed by atoms with Gasteiger partial charge in [-0.05, 0) is 37.5 Å². The summed E-state index contributed by atoms with van der Waals surface area (Å²) < 4.78 is 0. The van der Waals surface area contributed by atoms with Gasteiger partial charge in [0.25, 0.3) is 0 Å². The van der Waals surface area contributed by atoms with E-state index < -0.39 is 0 Å². The molecule has 2 atom stereocenters. The monoisotopic (exact) mass is 106 g/mol. The molecule has 3 aliphatic carbocycles. The van der Waals surface area contributed by atoms with Gasteiger partial charge in [-0.25, -0.2) is 0 Å². The molecule has 3 aliphatic rings. The molecule has 0 aromatic rings. The molecule has 0 saturated heterocycles. The third-order valence-corrected chi connectivity index (χ3v) is 2.89. The van der Waals surface area contributed by atoms with E-state index >= 15 is 0 Å². The molecular weight excluding hydrogens is 96.1 g/mol. The predicted molar refractivity (Wildman–Crippen MR) is 32.5 cm³/mol. The van der Waals surface area contributed by atoms with Gasteiger partial charge in [-0.2, -0.15) is 0 Å². The summed E-state index contributed by atoms with van der Waals surface area (Å²) in [6.45, 7) is 0. The van der Waals surface area contributed by atoms with Crippen LogP contribution in [0.3, 0.4) is 0 Å². The molecule has 1 saturated carbocycles. The zero-order chi connectivity index (χ0) is 5.14. The van der Waals surface area contributed by atoms with E-state index in [0.29, 0.717) is 0 Å². The molecule has 1 fully saturated rings. The van der Waals surface area contributed by atoms with Crippen molar-refractivity contribution in [1.29, 1.82) is 0 Å². The van der Waals surface area contributed by atoms with Gasteiger partial charge >= 0.3 is 0 Å². The van der Waals surface area contributed by atoms with Gasteiger partial charge in [0.2, 0.25) is 0 Å². The van der Waals surface area contributed by atoms with E-state index in [2.05, 4.69) is 0 Å². The van der Waals surface area contributed by atoms with Crippen LogP contribution in [0.4, 0.5) is 0 Å². The lowest BCUT2D eigenvalue weighted by atomic mass is 10.1. The van der Waals surface area contributed by atoms with Crippen LogP contribution in [0.5, 0.6) is 0 Å². The first-order valence-electron chi connectivity index (χ1n) is 3.63. The summed E-state index contributed by atoms with van der Waals surface area (Å²) in [6.07, 6.45) is 6.00. The Hall–Kier alpha value is -0.260. The van der Waals surface area contributed by atoms with Crippen molar-refractivity contribution in [2.45, 2.75) is 25.7 Å². The predicted octanol–water partition coefficient (Wildman–Crippen LogP) is 2.12. The van der Waals surface area contributed by atoms with E-state index in [1.54, 1.807) is 6.42 Å². The molecule has 42 valence electrons. The second-order valence-corrected chi connectivity index (χ2v) is 3.55. The first-order valence-corrected chi connectivity index (χ1v) is 3.63. The quantitative estimate of drug-likeness (QED) is 0.415. The second-order valence-electron chi connectivity index (χ2n) is 3.55. The molecule has 0 N–H and O–H groups in total. The average molecular weight is 106 g/mol. The van der Waals surface area contributed by atoms with Crippen LogP contribution in [0.2, 0.25) is 0 Å². The molecule has 0 bridgehead atoms. The van der Waals surface area contributed by atoms with Crippen molar-refractivity contribution in [2.24, 2.45) is 11.8 Å². The molecule has 0 amide bonds. The summed E-state index contributed by atoms with van der Waals surface area (Å²) in [5.41, 5.74) is 3.67. The molecule has 2 unspecified atom stereocenters. The van der Waals surface area contributed by atoms with Crippen molar-refractivity contribution in [3.63, 3.8) is 0 Å². The van der Waals surface area contributed by atoms with E-state index in [1.165, 1.54) is 19.3 Å². The minimum absolute atomic E-state index is 1.16. The Morgan fingerprint density at radius 2 is 1.62 bits per heavy atom. The van der Waals surface area contributed by atoms with E-state index in [9.17, 15) is 0 Å². The fraction of sp³-hybridized carbons (Fsp3) is 0.750. The Balaban J connectivity index is 1.97. The van der Waals surface area contributed by atoms with E-state index in [0.717, 1.165) is 11.8 Å². The van der Waals surface area contributed by atoms with Gasteiger partial charge in [0.15, 0.2) is 0 Å². The van der Waals surface area contributed by atoms with E-state index in [4.69, 9.17) is 0 Å². The van der Waals surface area contributed by atoms with Gasteiger partial charge < -0.3 is 0 Å². The highest BCUT2D eigenvalue weighted by molar-refractivity contribution is 5.39. The summed E-state index contributed by atoms with van der Waals surface area (Å²) in [5.74, 6) is 2.33. The smallest absolute Gasteiger partial charge is 0.0103 e. The van der Waals surface area contributed by atoms with Crippen LogP contribution < -0.4 is 0 Å². The van der Waals surface area contributed by atoms with Crippen LogP contribution in [-0.4, -0.2) is 0 Å². The third kappa shape index (κ3) is 0.331. The fourth-order valence-electron chi connectivity index (χ4n) is 2.09. The van der Waals surface area contributed by atoms with Gasteiger partial charge in [-0.3, -0.25) is 0 Å². The summed E-state index contributed by atoms with van der Waals surface area (Å²) in [5, 5.41) is 0. The second kappa shape index (κ2) is 0.896. The molecule has 0 aromatic heterocycles. The standard InChI is InChI=1S/C8H10/c1-5-3-7-2-8(7)4-6(1)5/h5-6H,1-4H2. The Labute approximate surface area is 49.6 Å². The summed E-state index contributed by atoms with van der Waals surface area (Å²) in [6, 6.07) is 0. The molecule has 0 aromatic carbocycles. The highest BCUT2D eigenvalue weighted by Crippen LogP contribution is 2.58. The number of rotatable bonds is 0. The first-order chi connectivity index (χ1) is 3.93. The van der Waals surface area contributed by atoms with Crippen molar-refractivity contribution < 1.29 is 0 Å². The van der Waals surface area contributed by atoms with Crippen LogP contribution in [0.15, 0.2) is 11.1 Å². The number of hydrogen-bond acceptors (Lipinski definition) is 0. The number of allylic oxidation sites excluding steroid dienone is 2. The SMILES string of the molecule is C1C2=C1CC1CC1C2. The van der Waals surface area contributed by atoms with Crippen LogP contribution in [-0.2, 0) is 0 Å². The summed E-state index contributed by atoms with van der Waals surface area (Å²) in [4.78, 5) is 0.